The molecular formula is C22H21F2N7. The number of benzene rings is 2. The van der Waals surface area contributed by atoms with Gasteiger partial charge in [-0.1, -0.05) is 30.3 Å². The SMILES string of the molecule is Fc1ccc(-c2ncn(-c3nc(N4CCC(Cc5ccccc5)CC4)n[nH]3)n2)c(F)c1. The lowest BCUT2D eigenvalue weighted by Crippen LogP contribution is -2.35. The molecule has 7 nitrogen and oxygen atoms in total. The first-order valence-electron chi connectivity index (χ1n) is 10.2. The zero-order chi connectivity index (χ0) is 21.2. The molecule has 9 heteroatoms. The fraction of sp³-hybridized carbons (Fsp3) is 0.273. The van der Waals surface area contributed by atoms with Crippen LogP contribution in [0.4, 0.5) is 14.7 Å². The van der Waals surface area contributed by atoms with Gasteiger partial charge in [0.1, 0.15) is 18.0 Å². The van der Waals surface area contributed by atoms with Gasteiger partial charge in [0.15, 0.2) is 5.82 Å². The van der Waals surface area contributed by atoms with Gasteiger partial charge in [0.25, 0.3) is 0 Å². The first-order valence-corrected chi connectivity index (χ1v) is 10.2. The quantitative estimate of drug-likeness (QED) is 0.531. The summed E-state index contributed by atoms with van der Waals surface area (Å²) in [5.41, 5.74) is 1.50. The van der Waals surface area contributed by atoms with E-state index < -0.39 is 11.6 Å². The Kier molecular flexibility index (Phi) is 5.15. The Balaban J connectivity index is 1.24. The van der Waals surface area contributed by atoms with Crippen LogP contribution in [0.25, 0.3) is 17.3 Å². The van der Waals surface area contributed by atoms with Crippen molar-refractivity contribution in [2.45, 2.75) is 19.3 Å². The van der Waals surface area contributed by atoms with E-state index >= 15 is 0 Å². The number of anilines is 1. The van der Waals surface area contributed by atoms with Crippen LogP contribution in [-0.4, -0.2) is 43.0 Å². The average Bonchev–Trinajstić information content (AvgIpc) is 3.45. The number of aromatic amines is 1. The van der Waals surface area contributed by atoms with Gasteiger partial charge in [-0.3, -0.25) is 0 Å². The molecule has 1 saturated heterocycles. The molecule has 0 amide bonds. The van der Waals surface area contributed by atoms with Gasteiger partial charge in [0.2, 0.25) is 11.9 Å². The fourth-order valence-electron chi connectivity index (χ4n) is 3.93. The topological polar surface area (TPSA) is 75.5 Å². The summed E-state index contributed by atoms with van der Waals surface area (Å²) in [5, 5.41) is 11.4. The Hall–Kier alpha value is -3.62. The second kappa shape index (κ2) is 8.25. The van der Waals surface area contributed by atoms with E-state index in [4.69, 9.17) is 0 Å². The van der Waals surface area contributed by atoms with Crippen molar-refractivity contribution in [3.63, 3.8) is 0 Å². The maximum Gasteiger partial charge on any atom is 0.249 e. The van der Waals surface area contributed by atoms with Crippen LogP contribution in [0.5, 0.6) is 0 Å². The maximum atomic E-state index is 14.0. The van der Waals surface area contributed by atoms with Crippen LogP contribution in [0.15, 0.2) is 54.9 Å². The van der Waals surface area contributed by atoms with Gasteiger partial charge in [0, 0.05) is 19.2 Å². The molecule has 0 bridgehead atoms. The molecule has 1 N–H and O–H groups in total. The van der Waals surface area contributed by atoms with Crippen molar-refractivity contribution in [2.75, 3.05) is 18.0 Å². The Labute approximate surface area is 177 Å². The third-order valence-electron chi connectivity index (χ3n) is 5.61. The smallest absolute Gasteiger partial charge is 0.249 e. The van der Waals surface area contributed by atoms with Crippen LogP contribution in [0, 0.1) is 17.6 Å². The molecule has 1 fully saturated rings. The molecular weight excluding hydrogens is 400 g/mol. The number of hydrogen-bond donors (Lipinski definition) is 1. The molecule has 158 valence electrons. The number of piperidine rings is 1. The minimum Gasteiger partial charge on any atom is -0.339 e. The highest BCUT2D eigenvalue weighted by atomic mass is 19.1. The van der Waals surface area contributed by atoms with Gasteiger partial charge in [-0.25, -0.2) is 18.9 Å². The first-order chi connectivity index (χ1) is 15.2. The second-order valence-electron chi connectivity index (χ2n) is 7.72. The van der Waals surface area contributed by atoms with Crippen molar-refractivity contribution in [3.05, 3.63) is 72.1 Å². The summed E-state index contributed by atoms with van der Waals surface area (Å²) >= 11 is 0. The fourth-order valence-corrected chi connectivity index (χ4v) is 3.93. The standard InChI is InChI=1S/C22H21F2N7/c23-17-6-7-18(19(24)13-17)20-25-14-31(29-20)22-26-21(27-28-22)30-10-8-16(9-11-30)12-15-4-2-1-3-5-15/h1-7,13-14,16H,8-12H2,(H,26,27,28). The van der Waals surface area contributed by atoms with Gasteiger partial charge in [-0.2, -0.15) is 9.67 Å². The molecule has 0 spiro atoms. The second-order valence-corrected chi connectivity index (χ2v) is 7.72. The Morgan fingerprint density at radius 1 is 1.03 bits per heavy atom. The van der Waals surface area contributed by atoms with Crippen molar-refractivity contribution >= 4 is 5.95 Å². The summed E-state index contributed by atoms with van der Waals surface area (Å²) < 4.78 is 28.5. The summed E-state index contributed by atoms with van der Waals surface area (Å²) in [7, 11) is 0. The lowest BCUT2D eigenvalue weighted by atomic mass is 9.90. The average molecular weight is 421 g/mol. The van der Waals surface area contributed by atoms with E-state index in [1.165, 1.54) is 28.7 Å². The zero-order valence-electron chi connectivity index (χ0n) is 16.7. The molecule has 31 heavy (non-hydrogen) atoms. The van der Waals surface area contributed by atoms with Gasteiger partial charge in [-0.05, 0) is 42.9 Å². The highest BCUT2D eigenvalue weighted by molar-refractivity contribution is 5.55. The summed E-state index contributed by atoms with van der Waals surface area (Å²) in [6, 6.07) is 13.9. The van der Waals surface area contributed by atoms with Crippen molar-refractivity contribution in [2.24, 2.45) is 5.92 Å². The lowest BCUT2D eigenvalue weighted by molar-refractivity contribution is 0.401. The normalized spacial score (nSPS) is 14.8. The number of halogens is 2. The van der Waals surface area contributed by atoms with E-state index in [9.17, 15) is 8.78 Å². The van der Waals surface area contributed by atoms with Crippen LogP contribution < -0.4 is 4.90 Å². The number of rotatable bonds is 5. The highest BCUT2D eigenvalue weighted by Crippen LogP contribution is 2.24. The molecule has 4 aromatic rings. The van der Waals surface area contributed by atoms with Crippen LogP contribution in [0.2, 0.25) is 0 Å². The largest absolute Gasteiger partial charge is 0.339 e. The molecule has 0 radical (unpaired) electrons. The maximum absolute atomic E-state index is 14.0. The third-order valence-corrected chi connectivity index (χ3v) is 5.61. The summed E-state index contributed by atoms with van der Waals surface area (Å²) in [6.45, 7) is 1.77. The van der Waals surface area contributed by atoms with Gasteiger partial charge < -0.3 is 4.90 Å². The van der Waals surface area contributed by atoms with Crippen molar-refractivity contribution < 1.29 is 8.78 Å². The van der Waals surface area contributed by atoms with Crippen LogP contribution >= 0.6 is 0 Å². The number of aromatic nitrogens is 6. The van der Waals surface area contributed by atoms with Crippen molar-refractivity contribution in [1.82, 2.24) is 29.9 Å². The van der Waals surface area contributed by atoms with Crippen molar-refractivity contribution in [1.29, 1.82) is 0 Å². The number of nitrogens with one attached hydrogen (secondary N) is 1. The van der Waals surface area contributed by atoms with E-state index in [0.29, 0.717) is 17.8 Å². The molecule has 0 unspecified atom stereocenters. The Bertz CT molecular complexity index is 1160. The van der Waals surface area contributed by atoms with E-state index in [2.05, 4.69) is 54.4 Å². The molecule has 2 aromatic heterocycles. The minimum absolute atomic E-state index is 0.125. The van der Waals surface area contributed by atoms with E-state index in [1.54, 1.807) is 0 Å². The van der Waals surface area contributed by atoms with E-state index in [1.807, 2.05) is 6.07 Å². The molecule has 2 aromatic carbocycles. The monoisotopic (exact) mass is 421 g/mol. The first kappa shape index (κ1) is 19.3. The Morgan fingerprint density at radius 3 is 2.61 bits per heavy atom. The molecule has 3 heterocycles. The zero-order valence-corrected chi connectivity index (χ0v) is 16.7. The van der Waals surface area contributed by atoms with Crippen LogP contribution in [0.3, 0.4) is 0 Å². The van der Waals surface area contributed by atoms with Gasteiger partial charge in [0.05, 0.1) is 5.56 Å². The summed E-state index contributed by atoms with van der Waals surface area (Å²) in [6.07, 6.45) is 4.68. The summed E-state index contributed by atoms with van der Waals surface area (Å²) in [4.78, 5) is 10.8. The van der Waals surface area contributed by atoms with Crippen LogP contribution in [0.1, 0.15) is 18.4 Å². The highest BCUT2D eigenvalue weighted by Gasteiger charge is 2.23. The van der Waals surface area contributed by atoms with Crippen LogP contribution in [-0.2, 0) is 6.42 Å². The molecule has 1 aliphatic heterocycles. The Morgan fingerprint density at radius 2 is 1.84 bits per heavy atom. The lowest BCUT2D eigenvalue weighted by Gasteiger charge is -2.31. The minimum atomic E-state index is -0.714. The van der Waals surface area contributed by atoms with Gasteiger partial charge >= 0.3 is 0 Å². The van der Waals surface area contributed by atoms with Crippen molar-refractivity contribution in [3.8, 4) is 17.3 Å². The molecule has 0 atom stereocenters. The molecule has 1 aliphatic rings. The van der Waals surface area contributed by atoms with E-state index in [-0.39, 0.29) is 11.4 Å². The number of H-pyrrole nitrogens is 1. The number of hydrogen-bond acceptors (Lipinski definition) is 5. The molecule has 0 aliphatic carbocycles. The van der Waals surface area contributed by atoms with E-state index in [0.717, 1.165) is 38.4 Å². The number of nitrogens with zero attached hydrogens (tertiary/aromatic N) is 6. The molecule has 0 saturated carbocycles. The predicted octanol–water partition coefficient (Wildman–Crippen LogP) is 3.79. The van der Waals surface area contributed by atoms with Gasteiger partial charge in [-0.15, -0.1) is 10.2 Å². The predicted molar refractivity (Wildman–Crippen MR) is 112 cm³/mol. The summed E-state index contributed by atoms with van der Waals surface area (Å²) in [5.74, 6) is 0.445. The third kappa shape index (κ3) is 4.16. The molecule has 5 rings (SSSR count).